The van der Waals surface area contributed by atoms with Crippen LogP contribution < -0.4 is 0 Å². The van der Waals surface area contributed by atoms with Crippen molar-refractivity contribution >= 4 is 67.5 Å². The van der Waals surface area contributed by atoms with Crippen LogP contribution in [0.4, 0.5) is 0 Å². The standard InChI is InChI=1S/10C10H16.5S/c10*1-7-4-5-8-6-9(7)10(8,2)3;;;;;/h10*8-9H,1,4-6H2,2-3H3;;;;;/q;;;;;;;;;;5*-2. The van der Waals surface area contributed by atoms with Gasteiger partial charge in [0.1, 0.15) is 0 Å². The molecule has 20 bridgehead atoms. The maximum absolute atomic E-state index is 4.13. The van der Waals surface area contributed by atoms with Gasteiger partial charge in [0.2, 0.25) is 0 Å². The van der Waals surface area contributed by atoms with Gasteiger partial charge in [0, 0.05) is 0 Å². The molecule has 0 aliphatic heterocycles. The van der Waals surface area contributed by atoms with Crippen LogP contribution in [0.3, 0.4) is 0 Å². The zero-order chi connectivity index (χ0) is 73.5. The van der Waals surface area contributed by atoms with Gasteiger partial charge in [-0.1, -0.05) is 260 Å². The minimum absolute atomic E-state index is 0. The first-order valence-corrected chi connectivity index (χ1v) is 43.0. The Kier molecular flexibility index (Phi) is 29.7. The topological polar surface area (TPSA) is 0 Å². The second kappa shape index (κ2) is 33.5. The van der Waals surface area contributed by atoms with Crippen molar-refractivity contribution < 1.29 is 0 Å². The van der Waals surface area contributed by atoms with Gasteiger partial charge in [0.15, 0.2) is 0 Å². The summed E-state index contributed by atoms with van der Waals surface area (Å²) in [6, 6.07) is 0. The van der Waals surface area contributed by atoms with Crippen molar-refractivity contribution in [3.63, 3.8) is 0 Å². The van der Waals surface area contributed by atoms with Crippen LogP contribution in [0.5, 0.6) is 0 Å². The highest BCUT2D eigenvalue weighted by Gasteiger charge is 2.58. The molecule has 0 aromatic heterocycles. The highest BCUT2D eigenvalue weighted by Crippen LogP contribution is 2.68. The fourth-order valence-electron chi connectivity index (χ4n) is 27.3. The average Bonchev–Trinajstić information content (AvgIpc) is 0.846. The molecule has 20 unspecified atom stereocenters. The highest BCUT2D eigenvalue weighted by atomic mass is 32.1. The van der Waals surface area contributed by atoms with Gasteiger partial charge in [0.05, 0.1) is 0 Å². The lowest BCUT2D eigenvalue weighted by atomic mass is 9.47. The predicted molar refractivity (Wildman–Crippen MR) is 474 cm³/mol. The van der Waals surface area contributed by atoms with Crippen molar-refractivity contribution in [2.24, 2.45) is 173 Å². The van der Waals surface area contributed by atoms with Gasteiger partial charge < -0.3 is 67.5 Å². The molecule has 105 heavy (non-hydrogen) atoms. The first-order valence-electron chi connectivity index (χ1n) is 43.0. The number of hydrogen-bond acceptors (Lipinski definition) is 0. The molecule has 0 radical (unpaired) electrons. The summed E-state index contributed by atoms with van der Waals surface area (Å²) in [5, 5.41) is 0. The molecular weight excluding hydrogens is 1360 g/mol. The summed E-state index contributed by atoms with van der Waals surface area (Å²) in [5.41, 5.74) is 21.3. The van der Waals surface area contributed by atoms with E-state index in [1.807, 2.05) is 0 Å². The molecule has 0 aromatic rings. The Hall–Kier alpha value is -0.850. The van der Waals surface area contributed by atoms with E-state index in [4.69, 9.17) is 0 Å². The summed E-state index contributed by atoms with van der Waals surface area (Å²) >= 11 is 0. The second-order valence-corrected chi connectivity index (χ2v) is 45.0. The monoisotopic (exact) mass is 1520 g/mol. The fourth-order valence-corrected chi connectivity index (χ4v) is 27.3. The maximum atomic E-state index is 4.13. The van der Waals surface area contributed by atoms with Crippen molar-refractivity contribution in [1.29, 1.82) is 0 Å². The molecule has 0 saturated heterocycles. The number of hydrogen-bond donors (Lipinski definition) is 0. The smallest absolute Gasteiger partial charge is 0.0149 e. The lowest BCUT2D eigenvalue weighted by Gasteiger charge is -2.57. The third-order valence-corrected chi connectivity index (χ3v) is 37.8. The second-order valence-electron chi connectivity index (χ2n) is 45.0. The SMILES string of the molecule is C=C1CCC2CC1C2(C)C.C=C1CCC2CC1C2(C)C.C=C1CCC2CC1C2(C)C.C=C1CCC2CC1C2(C)C.C=C1CCC2CC1C2(C)C.C=C1CCC2CC1C2(C)C.C=C1CCC2CC1C2(C)C.C=C1CCC2CC1C2(C)C.C=C1CCC2CC1C2(C)C.C=C1CCC2CC1C2(C)C.[S-2].[S-2].[S-2].[S-2].[S-2]. The molecule has 0 nitrogen and oxygen atoms in total. The molecule has 0 aromatic carbocycles. The van der Waals surface area contributed by atoms with Crippen LogP contribution in [0.25, 0.3) is 0 Å². The van der Waals surface area contributed by atoms with E-state index >= 15 is 0 Å². The van der Waals surface area contributed by atoms with Crippen LogP contribution in [-0.2, 0) is 67.5 Å². The molecule has 30 saturated carbocycles. The summed E-state index contributed by atoms with van der Waals surface area (Å²) in [6.45, 7) is 89.3. The summed E-state index contributed by atoms with van der Waals surface area (Å²) in [4.78, 5) is 0. The van der Waals surface area contributed by atoms with Crippen LogP contribution in [0.2, 0.25) is 0 Å². The molecule has 30 aliphatic rings. The lowest BCUT2D eigenvalue weighted by Crippen LogP contribution is -2.48. The van der Waals surface area contributed by atoms with Gasteiger partial charge in [0.25, 0.3) is 0 Å². The maximum Gasteiger partial charge on any atom is -0.0149 e. The third-order valence-electron chi connectivity index (χ3n) is 37.8. The van der Waals surface area contributed by atoms with Crippen molar-refractivity contribution in [2.45, 2.75) is 331 Å². The zero-order valence-corrected chi connectivity index (χ0v) is 76.0. The van der Waals surface area contributed by atoms with Gasteiger partial charge in [-0.2, -0.15) is 0 Å². The molecule has 0 N–H and O–H groups in total. The summed E-state index contributed by atoms with van der Waals surface area (Å²) in [7, 11) is 0. The Morgan fingerprint density at radius 2 is 0.219 bits per heavy atom. The summed E-state index contributed by atoms with van der Waals surface area (Å²) < 4.78 is 0. The van der Waals surface area contributed by atoms with E-state index in [-0.39, 0.29) is 67.5 Å². The molecule has 0 heterocycles. The van der Waals surface area contributed by atoms with E-state index in [0.29, 0.717) is 54.1 Å². The Morgan fingerprint density at radius 1 is 0.152 bits per heavy atom. The number of allylic oxidation sites excluding steroid dienone is 10. The van der Waals surface area contributed by atoms with Gasteiger partial charge >= 0.3 is 0 Å². The number of fused-ring (bicyclic) bond motifs is 20. The minimum atomic E-state index is 0. The Labute approximate surface area is 687 Å². The van der Waals surface area contributed by atoms with E-state index in [1.54, 1.807) is 0 Å². The van der Waals surface area contributed by atoms with E-state index in [0.717, 1.165) is 118 Å². The highest BCUT2D eigenvalue weighted by molar-refractivity contribution is 7.37. The van der Waals surface area contributed by atoms with Gasteiger partial charge in [-0.15, -0.1) is 0 Å². The summed E-state index contributed by atoms with van der Waals surface area (Å²) in [6.07, 6.45) is 41.5. The van der Waals surface area contributed by atoms with Gasteiger partial charge in [-0.25, -0.2) is 0 Å². The molecule has 0 spiro atoms. The molecular formula is C100H160S5-10. The molecule has 0 amide bonds. The summed E-state index contributed by atoms with van der Waals surface area (Å²) in [5.74, 6) is 18.8. The molecule has 30 aliphatic carbocycles. The molecule has 5 heteroatoms. The van der Waals surface area contributed by atoms with Crippen LogP contribution >= 0.6 is 0 Å². The Bertz CT molecular complexity index is 2470. The van der Waals surface area contributed by atoms with Gasteiger partial charge in [-0.3, -0.25) is 0 Å². The number of rotatable bonds is 0. The largest absolute Gasteiger partial charge is 2.00 e. The van der Waals surface area contributed by atoms with E-state index in [9.17, 15) is 0 Å². The zero-order valence-electron chi connectivity index (χ0n) is 71.9. The Morgan fingerprint density at radius 3 is 0.248 bits per heavy atom. The molecule has 30 fully saturated rings. The average molecular weight is 1520 g/mol. The lowest BCUT2D eigenvalue weighted by molar-refractivity contribution is -0.0273. The van der Waals surface area contributed by atoms with Crippen molar-refractivity contribution in [2.75, 3.05) is 0 Å². The van der Waals surface area contributed by atoms with Crippen LogP contribution in [0.15, 0.2) is 122 Å². The first-order chi connectivity index (χ1) is 46.2. The fraction of sp³-hybridized carbons (Fsp3) is 0.800. The first kappa shape index (κ1) is 93.0. The van der Waals surface area contributed by atoms with Crippen LogP contribution in [-0.4, -0.2) is 0 Å². The van der Waals surface area contributed by atoms with Crippen LogP contribution in [0, 0.1) is 173 Å². The van der Waals surface area contributed by atoms with E-state index in [2.05, 4.69) is 204 Å². The minimum Gasteiger partial charge on any atom is -2.00 e. The van der Waals surface area contributed by atoms with Crippen molar-refractivity contribution in [3.8, 4) is 0 Å². The van der Waals surface area contributed by atoms with E-state index < -0.39 is 0 Å². The quantitative estimate of drug-likeness (QED) is 0.212. The van der Waals surface area contributed by atoms with Crippen molar-refractivity contribution in [3.05, 3.63) is 122 Å². The van der Waals surface area contributed by atoms with Crippen LogP contribution in [0.1, 0.15) is 331 Å². The normalized spacial score (nSPS) is 40.8. The van der Waals surface area contributed by atoms with Crippen molar-refractivity contribution in [1.82, 2.24) is 0 Å². The third kappa shape index (κ3) is 17.0. The molecule has 30 rings (SSSR count). The predicted octanol–water partition coefficient (Wildman–Crippen LogP) is 30.0. The van der Waals surface area contributed by atoms with Gasteiger partial charge in [-0.05, 0) is 365 Å². The Balaban J connectivity index is 0.000000182. The van der Waals surface area contributed by atoms with E-state index in [1.165, 1.54) is 248 Å². The molecule has 20 atom stereocenters. The molecule has 600 valence electrons.